The van der Waals surface area contributed by atoms with Crippen LogP contribution in [0.25, 0.3) is 0 Å². The highest BCUT2D eigenvalue weighted by Crippen LogP contribution is 2.34. The number of halogens is 3. The van der Waals surface area contributed by atoms with Crippen molar-refractivity contribution in [2.24, 2.45) is 11.8 Å². The summed E-state index contributed by atoms with van der Waals surface area (Å²) in [7, 11) is 0. The molecule has 2 heterocycles. The number of alkyl halides is 3. The van der Waals surface area contributed by atoms with Crippen LogP contribution in [0.2, 0.25) is 0 Å². The van der Waals surface area contributed by atoms with Crippen LogP contribution in [0.15, 0.2) is 24.3 Å². The minimum atomic E-state index is -4.34. The molecule has 0 bridgehead atoms. The zero-order chi connectivity index (χ0) is 19.6. The van der Waals surface area contributed by atoms with Gasteiger partial charge in [0.05, 0.1) is 17.8 Å². The molecule has 2 fully saturated rings. The molecule has 0 saturated carbocycles. The molecule has 7 heteroatoms. The summed E-state index contributed by atoms with van der Waals surface area (Å²) >= 11 is 0. The second-order valence-corrected chi connectivity index (χ2v) is 8.03. The van der Waals surface area contributed by atoms with E-state index in [0.29, 0.717) is 18.7 Å². The maximum atomic E-state index is 13.2. The highest BCUT2D eigenvalue weighted by molar-refractivity contribution is 5.29. The van der Waals surface area contributed by atoms with Crippen molar-refractivity contribution in [2.45, 2.75) is 38.8 Å². The molecule has 3 rings (SSSR count). The molecule has 0 aromatic heterocycles. The normalized spacial score (nSPS) is 30.7. The second kappa shape index (κ2) is 8.47. The van der Waals surface area contributed by atoms with Crippen LogP contribution in [-0.2, 0) is 17.5 Å². The first kappa shape index (κ1) is 20.6. The van der Waals surface area contributed by atoms with Gasteiger partial charge in [0.25, 0.3) is 0 Å². The minimum Gasteiger partial charge on any atom is -0.396 e. The smallest absolute Gasteiger partial charge is 0.396 e. The van der Waals surface area contributed by atoms with Crippen LogP contribution in [-0.4, -0.2) is 66.4 Å². The van der Waals surface area contributed by atoms with Crippen LogP contribution < -0.4 is 0 Å². The number of aliphatic hydroxyl groups excluding tert-OH is 1. The summed E-state index contributed by atoms with van der Waals surface area (Å²) in [5.41, 5.74) is -0.263. The molecule has 2 saturated heterocycles. The van der Waals surface area contributed by atoms with Crippen molar-refractivity contribution in [3.8, 4) is 0 Å². The van der Waals surface area contributed by atoms with Gasteiger partial charge < -0.3 is 9.84 Å². The molecule has 2 aliphatic heterocycles. The molecule has 0 amide bonds. The van der Waals surface area contributed by atoms with Crippen LogP contribution in [0.3, 0.4) is 0 Å². The van der Waals surface area contributed by atoms with E-state index < -0.39 is 11.7 Å². The van der Waals surface area contributed by atoms with Crippen molar-refractivity contribution in [2.75, 3.05) is 39.3 Å². The van der Waals surface area contributed by atoms with Gasteiger partial charge in [0, 0.05) is 45.9 Å². The third-order valence-electron chi connectivity index (χ3n) is 5.59. The first-order valence-electron chi connectivity index (χ1n) is 9.62. The SMILES string of the molecule is C[C@@H]1CN(C[C@H]2CN(Cc3ccccc3C(F)(F)F)C[C@H]2CO)C[C@H](C)O1. The first-order chi connectivity index (χ1) is 12.8. The Bertz CT molecular complexity index is 615. The van der Waals surface area contributed by atoms with Gasteiger partial charge in [-0.2, -0.15) is 13.2 Å². The Morgan fingerprint density at radius 1 is 1.00 bits per heavy atom. The highest BCUT2D eigenvalue weighted by atomic mass is 19.4. The Hall–Kier alpha value is -1.15. The molecule has 27 heavy (non-hydrogen) atoms. The first-order valence-corrected chi connectivity index (χ1v) is 9.62. The Kier molecular flexibility index (Phi) is 6.46. The molecule has 1 aromatic carbocycles. The van der Waals surface area contributed by atoms with Gasteiger partial charge in [0.2, 0.25) is 0 Å². The lowest BCUT2D eigenvalue weighted by molar-refractivity contribution is -0.138. The number of ether oxygens (including phenoxy) is 1. The Balaban J connectivity index is 1.65. The van der Waals surface area contributed by atoms with Crippen molar-refractivity contribution < 1.29 is 23.0 Å². The lowest BCUT2D eigenvalue weighted by Gasteiger charge is -2.37. The topological polar surface area (TPSA) is 35.9 Å². The standard InChI is InChI=1S/C20H29F3N2O2/c1-14-7-24(8-15(2)27-14)10-17-11-25(12-18(17)13-26)9-16-5-3-4-6-19(16)20(21,22)23/h3-6,14-15,17-18,26H,7-13H2,1-2H3/t14-,15+,17-,18-/m0/s1. The van der Waals surface area contributed by atoms with Gasteiger partial charge in [0.1, 0.15) is 0 Å². The van der Waals surface area contributed by atoms with E-state index in [1.54, 1.807) is 12.1 Å². The van der Waals surface area contributed by atoms with E-state index in [1.807, 2.05) is 4.90 Å². The van der Waals surface area contributed by atoms with Crippen molar-refractivity contribution in [3.05, 3.63) is 35.4 Å². The van der Waals surface area contributed by atoms with Crippen LogP contribution >= 0.6 is 0 Å². The Labute approximate surface area is 158 Å². The van der Waals surface area contributed by atoms with Crippen LogP contribution in [0.4, 0.5) is 13.2 Å². The maximum absolute atomic E-state index is 13.2. The number of likely N-dealkylation sites (tertiary alicyclic amines) is 1. The van der Waals surface area contributed by atoms with Crippen LogP contribution in [0.5, 0.6) is 0 Å². The number of rotatable bonds is 5. The summed E-state index contributed by atoms with van der Waals surface area (Å²) in [6.07, 6.45) is -3.98. The molecule has 2 aliphatic rings. The van der Waals surface area contributed by atoms with Crippen molar-refractivity contribution in [1.29, 1.82) is 0 Å². The van der Waals surface area contributed by atoms with Gasteiger partial charge >= 0.3 is 6.18 Å². The Morgan fingerprint density at radius 2 is 1.63 bits per heavy atom. The van der Waals surface area contributed by atoms with E-state index in [4.69, 9.17) is 4.74 Å². The predicted octanol–water partition coefficient (Wildman–Crippen LogP) is 2.85. The molecule has 0 unspecified atom stereocenters. The predicted molar refractivity (Wildman–Crippen MR) is 97.2 cm³/mol. The number of hydrogen-bond donors (Lipinski definition) is 1. The molecule has 0 spiro atoms. The number of morpholine rings is 1. The van der Waals surface area contributed by atoms with E-state index in [2.05, 4.69) is 18.7 Å². The van der Waals surface area contributed by atoms with Gasteiger partial charge in [-0.1, -0.05) is 18.2 Å². The third kappa shape index (κ3) is 5.22. The van der Waals surface area contributed by atoms with E-state index >= 15 is 0 Å². The third-order valence-corrected chi connectivity index (χ3v) is 5.59. The Morgan fingerprint density at radius 3 is 2.26 bits per heavy atom. The van der Waals surface area contributed by atoms with Gasteiger partial charge in [-0.3, -0.25) is 9.80 Å². The second-order valence-electron chi connectivity index (χ2n) is 8.03. The van der Waals surface area contributed by atoms with Gasteiger partial charge in [-0.15, -0.1) is 0 Å². The van der Waals surface area contributed by atoms with E-state index in [9.17, 15) is 18.3 Å². The molecule has 0 radical (unpaired) electrons. The number of nitrogens with zero attached hydrogens (tertiary/aromatic N) is 2. The summed E-state index contributed by atoms with van der Waals surface area (Å²) in [6, 6.07) is 5.77. The minimum absolute atomic E-state index is 0.0670. The summed E-state index contributed by atoms with van der Waals surface area (Å²) in [5.74, 6) is 0.349. The quantitative estimate of drug-likeness (QED) is 0.844. The zero-order valence-electron chi connectivity index (χ0n) is 16.0. The number of hydrogen-bond acceptors (Lipinski definition) is 4. The fraction of sp³-hybridized carbons (Fsp3) is 0.700. The van der Waals surface area contributed by atoms with Crippen LogP contribution in [0, 0.1) is 11.8 Å². The molecular formula is C20H29F3N2O2. The molecule has 4 nitrogen and oxygen atoms in total. The maximum Gasteiger partial charge on any atom is 0.416 e. The summed E-state index contributed by atoms with van der Waals surface area (Å²) in [5, 5.41) is 9.79. The van der Waals surface area contributed by atoms with E-state index in [-0.39, 0.29) is 37.2 Å². The van der Waals surface area contributed by atoms with E-state index in [0.717, 1.165) is 25.7 Å². The fourth-order valence-corrected chi connectivity index (χ4v) is 4.52. The van der Waals surface area contributed by atoms with Gasteiger partial charge in [0.15, 0.2) is 0 Å². The molecule has 4 atom stereocenters. The number of benzene rings is 1. The molecule has 1 N–H and O–H groups in total. The van der Waals surface area contributed by atoms with Gasteiger partial charge in [-0.25, -0.2) is 0 Å². The molecule has 0 aliphatic carbocycles. The summed E-state index contributed by atoms with van der Waals surface area (Å²) < 4.78 is 45.5. The van der Waals surface area contributed by atoms with Crippen molar-refractivity contribution in [3.63, 3.8) is 0 Å². The van der Waals surface area contributed by atoms with E-state index in [1.165, 1.54) is 6.07 Å². The van der Waals surface area contributed by atoms with Crippen LogP contribution in [0.1, 0.15) is 25.0 Å². The zero-order valence-corrected chi connectivity index (χ0v) is 16.0. The van der Waals surface area contributed by atoms with Gasteiger partial charge in [-0.05, 0) is 37.3 Å². The average Bonchev–Trinajstić information content (AvgIpc) is 2.94. The molecule has 152 valence electrons. The fourth-order valence-electron chi connectivity index (χ4n) is 4.52. The largest absolute Gasteiger partial charge is 0.416 e. The average molecular weight is 386 g/mol. The summed E-state index contributed by atoms with van der Waals surface area (Å²) in [4.78, 5) is 4.41. The molecule has 1 aromatic rings. The lowest BCUT2D eigenvalue weighted by atomic mass is 9.96. The monoisotopic (exact) mass is 386 g/mol. The lowest BCUT2D eigenvalue weighted by Crippen LogP contribution is -2.48. The molecular weight excluding hydrogens is 357 g/mol. The van der Waals surface area contributed by atoms with Crippen molar-refractivity contribution >= 4 is 0 Å². The number of aliphatic hydroxyl groups is 1. The highest BCUT2D eigenvalue weighted by Gasteiger charge is 2.37. The summed E-state index contributed by atoms with van der Waals surface area (Å²) in [6.45, 7) is 8.34. The van der Waals surface area contributed by atoms with Crippen molar-refractivity contribution in [1.82, 2.24) is 9.80 Å².